The normalized spacial score (nSPS) is 16.7. The zero-order valence-electron chi connectivity index (χ0n) is 13.0. The summed E-state index contributed by atoms with van der Waals surface area (Å²) >= 11 is 3.85. The lowest BCUT2D eigenvalue weighted by Crippen LogP contribution is -2.34. The van der Waals surface area contributed by atoms with Gasteiger partial charge in [-0.3, -0.25) is 4.79 Å². The maximum absolute atomic E-state index is 10.7. The third-order valence-electron chi connectivity index (χ3n) is 4.50. The lowest BCUT2D eigenvalue weighted by molar-refractivity contribution is -0.137. The molecule has 4 rings (SSSR count). The van der Waals surface area contributed by atoms with Crippen molar-refractivity contribution < 1.29 is 9.90 Å². The summed E-state index contributed by atoms with van der Waals surface area (Å²) in [5.74, 6) is 2.51. The molecule has 2 aliphatic heterocycles. The first-order chi connectivity index (χ1) is 11.1. The Labute approximate surface area is 143 Å². The molecule has 0 saturated carbocycles. The highest BCUT2D eigenvalue weighted by Gasteiger charge is 2.28. The molecule has 0 aliphatic carbocycles. The number of fused-ring (bicyclic) bond motifs is 2. The van der Waals surface area contributed by atoms with Crippen molar-refractivity contribution in [2.75, 3.05) is 29.5 Å². The Morgan fingerprint density at radius 3 is 2.91 bits per heavy atom. The second-order valence-corrected chi connectivity index (χ2v) is 8.18. The lowest BCUT2D eigenvalue weighted by atomic mass is 10.2. The van der Waals surface area contributed by atoms with E-state index in [0.717, 1.165) is 35.9 Å². The van der Waals surface area contributed by atoms with Crippen LogP contribution in [0.2, 0.25) is 0 Å². The van der Waals surface area contributed by atoms with Crippen LogP contribution in [0.3, 0.4) is 0 Å². The molecule has 0 fully saturated rings. The summed E-state index contributed by atoms with van der Waals surface area (Å²) < 4.78 is 2.14. The molecule has 1 aromatic carbocycles. The largest absolute Gasteiger partial charge is 0.481 e. The number of rotatable bonds is 4. The number of aromatic nitrogens is 2. The van der Waals surface area contributed by atoms with E-state index in [9.17, 15) is 4.79 Å². The number of aryl methyl sites for hydroxylation is 2. The van der Waals surface area contributed by atoms with E-state index in [2.05, 4.69) is 15.5 Å². The molecule has 7 heteroatoms. The standard InChI is InChI=1S/C16H19N3O2S2/c1-18-10-9-11-15-16(23-8-6-19(15)5-7-22-11)14(10)17-12(18)3-2-4-13(20)21/h9H,2-8H2,1H3,(H,20,21). The number of hydrogen-bond donors (Lipinski definition) is 1. The highest BCUT2D eigenvalue weighted by Crippen LogP contribution is 2.48. The number of nitrogens with zero attached hydrogens (tertiary/aromatic N) is 3. The van der Waals surface area contributed by atoms with Gasteiger partial charge in [0.15, 0.2) is 0 Å². The van der Waals surface area contributed by atoms with E-state index in [1.54, 1.807) is 0 Å². The van der Waals surface area contributed by atoms with Gasteiger partial charge in [0.25, 0.3) is 0 Å². The number of imidazole rings is 1. The minimum Gasteiger partial charge on any atom is -0.481 e. The van der Waals surface area contributed by atoms with Crippen molar-refractivity contribution in [3.8, 4) is 0 Å². The third kappa shape index (κ3) is 2.59. The van der Waals surface area contributed by atoms with Gasteiger partial charge in [-0.15, -0.1) is 23.5 Å². The molecule has 0 amide bonds. The van der Waals surface area contributed by atoms with Gasteiger partial charge in [0.1, 0.15) is 11.3 Å². The van der Waals surface area contributed by atoms with Crippen molar-refractivity contribution >= 4 is 46.2 Å². The minimum atomic E-state index is -0.739. The van der Waals surface area contributed by atoms with Gasteiger partial charge >= 0.3 is 5.97 Å². The predicted octanol–water partition coefficient (Wildman–Crippen LogP) is 3.00. The second-order valence-electron chi connectivity index (χ2n) is 5.94. The van der Waals surface area contributed by atoms with Crippen LogP contribution in [0, 0.1) is 0 Å². The molecule has 2 aromatic rings. The number of aliphatic carboxylic acids is 1. The number of thioether (sulfide) groups is 2. The van der Waals surface area contributed by atoms with E-state index in [0.29, 0.717) is 12.8 Å². The first-order valence-corrected chi connectivity index (χ1v) is 9.87. The number of anilines is 1. The van der Waals surface area contributed by atoms with Crippen LogP contribution < -0.4 is 4.90 Å². The van der Waals surface area contributed by atoms with Crippen molar-refractivity contribution in [2.45, 2.75) is 29.1 Å². The summed E-state index contributed by atoms with van der Waals surface area (Å²) in [6.45, 7) is 2.24. The molecule has 0 saturated heterocycles. The average molecular weight is 349 g/mol. The minimum absolute atomic E-state index is 0.199. The first kappa shape index (κ1) is 15.2. The van der Waals surface area contributed by atoms with Gasteiger partial charge in [-0.25, -0.2) is 4.98 Å². The molecule has 3 heterocycles. The predicted molar refractivity (Wildman–Crippen MR) is 94.9 cm³/mol. The molecule has 23 heavy (non-hydrogen) atoms. The molecule has 1 aromatic heterocycles. The van der Waals surface area contributed by atoms with Crippen LogP contribution in [0.5, 0.6) is 0 Å². The number of carboxylic acid groups (broad SMARTS) is 1. The fourth-order valence-corrected chi connectivity index (χ4v) is 5.67. The fourth-order valence-electron chi connectivity index (χ4n) is 3.33. The Kier molecular flexibility index (Phi) is 3.93. The molecule has 2 aliphatic rings. The summed E-state index contributed by atoms with van der Waals surface area (Å²) in [6, 6.07) is 2.27. The molecule has 122 valence electrons. The van der Waals surface area contributed by atoms with Crippen LogP contribution in [0.1, 0.15) is 18.7 Å². The third-order valence-corrected chi connectivity index (χ3v) is 6.57. The van der Waals surface area contributed by atoms with Crippen LogP contribution in [0.15, 0.2) is 15.9 Å². The average Bonchev–Trinajstić information content (AvgIpc) is 2.85. The Morgan fingerprint density at radius 1 is 1.35 bits per heavy atom. The van der Waals surface area contributed by atoms with Crippen LogP contribution in [0.4, 0.5) is 5.69 Å². The van der Waals surface area contributed by atoms with Gasteiger partial charge < -0.3 is 14.6 Å². The second kappa shape index (κ2) is 5.94. The Bertz CT molecular complexity index is 785. The number of benzene rings is 1. The maximum atomic E-state index is 10.7. The lowest BCUT2D eigenvalue weighted by Gasteiger charge is -2.35. The molecule has 0 bridgehead atoms. The highest BCUT2D eigenvalue weighted by atomic mass is 32.2. The molecule has 0 unspecified atom stereocenters. The fraction of sp³-hybridized carbons (Fsp3) is 0.500. The number of carboxylic acids is 1. The van der Waals surface area contributed by atoms with Gasteiger partial charge in [-0.05, 0) is 12.5 Å². The van der Waals surface area contributed by atoms with Gasteiger partial charge in [-0.1, -0.05) is 0 Å². The van der Waals surface area contributed by atoms with E-state index < -0.39 is 5.97 Å². The molecule has 1 N–H and O–H groups in total. The van der Waals surface area contributed by atoms with Crippen molar-refractivity contribution in [3.63, 3.8) is 0 Å². The summed E-state index contributed by atoms with van der Waals surface area (Å²) in [6.07, 6.45) is 1.55. The Morgan fingerprint density at radius 2 is 2.13 bits per heavy atom. The van der Waals surface area contributed by atoms with Crippen molar-refractivity contribution in [2.24, 2.45) is 7.05 Å². The molecule has 0 atom stereocenters. The summed E-state index contributed by atoms with van der Waals surface area (Å²) in [5.41, 5.74) is 3.64. The first-order valence-electron chi connectivity index (χ1n) is 7.90. The molecule has 0 spiro atoms. The summed E-state index contributed by atoms with van der Waals surface area (Å²) in [7, 11) is 2.04. The van der Waals surface area contributed by atoms with E-state index in [1.165, 1.54) is 21.0 Å². The Balaban J connectivity index is 1.78. The SMILES string of the molecule is Cn1c(CCCC(=O)O)nc2c3c4c(cc21)SCCN4CCS3. The maximum Gasteiger partial charge on any atom is 0.303 e. The monoisotopic (exact) mass is 349 g/mol. The molecule has 0 radical (unpaired) electrons. The van der Waals surface area contributed by atoms with Crippen molar-refractivity contribution in [1.29, 1.82) is 0 Å². The quantitative estimate of drug-likeness (QED) is 0.916. The summed E-state index contributed by atoms with van der Waals surface area (Å²) in [5, 5.41) is 8.82. The van der Waals surface area contributed by atoms with E-state index >= 15 is 0 Å². The van der Waals surface area contributed by atoms with E-state index in [4.69, 9.17) is 10.1 Å². The van der Waals surface area contributed by atoms with Gasteiger partial charge in [-0.2, -0.15) is 0 Å². The highest BCUT2D eigenvalue weighted by molar-refractivity contribution is 8.00. The number of carbonyl (C=O) groups is 1. The molecule has 5 nitrogen and oxygen atoms in total. The molecular weight excluding hydrogens is 330 g/mol. The van der Waals surface area contributed by atoms with Crippen molar-refractivity contribution in [3.05, 3.63) is 11.9 Å². The van der Waals surface area contributed by atoms with Gasteiger partial charge in [0.2, 0.25) is 0 Å². The Hall–Kier alpha value is -1.34. The summed E-state index contributed by atoms with van der Waals surface area (Å²) in [4.78, 5) is 20.8. The number of hydrogen-bond acceptors (Lipinski definition) is 5. The van der Waals surface area contributed by atoms with Crippen LogP contribution in [0.25, 0.3) is 11.0 Å². The van der Waals surface area contributed by atoms with E-state index in [1.807, 2.05) is 30.6 Å². The van der Waals surface area contributed by atoms with Crippen LogP contribution >= 0.6 is 23.5 Å². The van der Waals surface area contributed by atoms with Crippen molar-refractivity contribution in [1.82, 2.24) is 9.55 Å². The zero-order chi connectivity index (χ0) is 16.0. The van der Waals surface area contributed by atoms with Gasteiger partial charge in [0.05, 0.1) is 16.1 Å². The molecular formula is C16H19N3O2S2. The topological polar surface area (TPSA) is 58.4 Å². The van der Waals surface area contributed by atoms with E-state index in [-0.39, 0.29) is 6.42 Å². The van der Waals surface area contributed by atoms with Crippen LogP contribution in [-0.4, -0.2) is 45.2 Å². The van der Waals surface area contributed by atoms with Crippen LogP contribution in [-0.2, 0) is 18.3 Å². The zero-order valence-corrected chi connectivity index (χ0v) is 14.7. The smallest absolute Gasteiger partial charge is 0.303 e. The van der Waals surface area contributed by atoms with Gasteiger partial charge in [0, 0.05) is 49.4 Å².